The third-order valence-electron chi connectivity index (χ3n) is 2.09. The summed E-state index contributed by atoms with van der Waals surface area (Å²) in [6.45, 7) is 5.95. The molecule has 0 aliphatic rings. The fourth-order valence-corrected chi connectivity index (χ4v) is 2.84. The number of rotatable bonds is 4. The Morgan fingerprint density at radius 3 is 2.67 bits per heavy atom. The van der Waals surface area contributed by atoms with E-state index in [-0.39, 0.29) is 5.92 Å². The summed E-state index contributed by atoms with van der Waals surface area (Å²) in [5.41, 5.74) is 2.56. The van der Waals surface area contributed by atoms with Gasteiger partial charge in [0.05, 0.1) is 0 Å². The number of aryl methyl sites for hydroxylation is 1. The van der Waals surface area contributed by atoms with Crippen LogP contribution in [0.25, 0.3) is 0 Å². The van der Waals surface area contributed by atoms with Crippen molar-refractivity contribution in [2.45, 2.75) is 36.1 Å². The monoisotopic (exact) mass is 282 g/mol. The van der Waals surface area contributed by atoms with E-state index in [1.54, 1.807) is 6.07 Å². The van der Waals surface area contributed by atoms with Gasteiger partial charge in [0.25, 0.3) is 0 Å². The summed E-state index contributed by atoms with van der Waals surface area (Å²) in [7, 11) is 0. The number of aromatic nitrogens is 4. The quantitative estimate of drug-likeness (QED) is 0.504. The van der Waals surface area contributed by atoms with Crippen LogP contribution in [0.15, 0.2) is 15.4 Å². The molecular weight excluding hydrogens is 268 g/mol. The molecule has 0 amide bonds. The van der Waals surface area contributed by atoms with Crippen LogP contribution in [0.3, 0.4) is 0 Å². The Bertz CT molecular complexity index is 539. The highest BCUT2D eigenvalue weighted by Gasteiger charge is 2.10. The van der Waals surface area contributed by atoms with Gasteiger partial charge in [-0.1, -0.05) is 13.8 Å². The standard InChI is InChI=1S/C10H14N6S2/c1-5(2)9-13-7(15-11)4-8(14-9)17-10-12-6(3)16-18-10/h4-5H,11H2,1-3H3,(H,13,14,15). The van der Waals surface area contributed by atoms with Crippen LogP contribution in [0.5, 0.6) is 0 Å². The number of nitrogens with one attached hydrogen (secondary N) is 1. The van der Waals surface area contributed by atoms with E-state index in [0.29, 0.717) is 5.82 Å². The van der Waals surface area contributed by atoms with Gasteiger partial charge in [-0.15, -0.1) is 0 Å². The van der Waals surface area contributed by atoms with Crippen molar-refractivity contribution in [3.8, 4) is 0 Å². The summed E-state index contributed by atoms with van der Waals surface area (Å²) < 4.78 is 5.00. The van der Waals surface area contributed by atoms with Gasteiger partial charge in [0.2, 0.25) is 0 Å². The minimum atomic E-state index is 0.244. The average Bonchev–Trinajstić information content (AvgIpc) is 2.74. The van der Waals surface area contributed by atoms with E-state index in [2.05, 4.69) is 24.8 Å². The van der Waals surface area contributed by atoms with Gasteiger partial charge in [-0.05, 0) is 30.2 Å². The Labute approximate surface area is 114 Å². The predicted molar refractivity (Wildman–Crippen MR) is 72.7 cm³/mol. The Balaban J connectivity index is 2.29. The van der Waals surface area contributed by atoms with Gasteiger partial charge in [0, 0.05) is 12.0 Å². The van der Waals surface area contributed by atoms with Crippen LogP contribution < -0.4 is 11.3 Å². The second-order valence-corrected chi connectivity index (χ2v) is 5.98. The first kappa shape index (κ1) is 13.2. The molecule has 0 aromatic carbocycles. The van der Waals surface area contributed by atoms with E-state index in [1.165, 1.54) is 23.3 Å². The summed E-state index contributed by atoms with van der Waals surface area (Å²) in [5, 5.41) is 0.817. The van der Waals surface area contributed by atoms with E-state index in [9.17, 15) is 0 Å². The maximum Gasteiger partial charge on any atom is 0.176 e. The molecule has 18 heavy (non-hydrogen) atoms. The Morgan fingerprint density at radius 1 is 1.33 bits per heavy atom. The molecule has 2 aromatic heterocycles. The first-order valence-electron chi connectivity index (χ1n) is 5.42. The van der Waals surface area contributed by atoms with Crippen LogP contribution in [0.2, 0.25) is 0 Å². The summed E-state index contributed by atoms with van der Waals surface area (Å²) in [6.07, 6.45) is 0. The molecule has 0 spiro atoms. The highest BCUT2D eigenvalue weighted by molar-refractivity contribution is 8.00. The van der Waals surface area contributed by atoms with E-state index in [4.69, 9.17) is 5.84 Å². The molecular formula is C10H14N6S2. The van der Waals surface area contributed by atoms with E-state index in [0.717, 1.165) is 21.0 Å². The van der Waals surface area contributed by atoms with Crippen molar-refractivity contribution in [2.24, 2.45) is 5.84 Å². The topological polar surface area (TPSA) is 89.6 Å². The average molecular weight is 282 g/mol. The van der Waals surface area contributed by atoms with Gasteiger partial charge >= 0.3 is 0 Å². The first-order valence-corrected chi connectivity index (χ1v) is 7.01. The Kier molecular flexibility index (Phi) is 4.10. The molecule has 6 nitrogen and oxygen atoms in total. The zero-order valence-electron chi connectivity index (χ0n) is 10.3. The minimum Gasteiger partial charge on any atom is -0.308 e. The Hall–Kier alpha value is -1.25. The normalized spacial score (nSPS) is 10.9. The summed E-state index contributed by atoms with van der Waals surface area (Å²) in [5.74, 6) is 7.80. The fraction of sp³-hybridized carbons (Fsp3) is 0.400. The zero-order chi connectivity index (χ0) is 13.1. The van der Waals surface area contributed by atoms with Gasteiger partial charge in [0.1, 0.15) is 22.5 Å². The fourth-order valence-electron chi connectivity index (χ4n) is 1.24. The lowest BCUT2D eigenvalue weighted by Gasteiger charge is -2.08. The van der Waals surface area contributed by atoms with Gasteiger partial charge in [-0.2, -0.15) is 4.37 Å². The van der Waals surface area contributed by atoms with Crippen molar-refractivity contribution in [1.29, 1.82) is 0 Å². The Morgan fingerprint density at radius 2 is 2.11 bits per heavy atom. The summed E-state index contributed by atoms with van der Waals surface area (Å²) >= 11 is 2.83. The molecule has 2 heterocycles. The molecule has 0 aliphatic heterocycles. The molecule has 0 fully saturated rings. The third-order valence-corrected chi connectivity index (χ3v) is 3.85. The smallest absolute Gasteiger partial charge is 0.176 e. The molecule has 0 atom stereocenters. The van der Waals surface area contributed by atoms with Crippen LogP contribution in [-0.4, -0.2) is 19.3 Å². The van der Waals surface area contributed by atoms with Gasteiger partial charge in [-0.25, -0.2) is 20.8 Å². The van der Waals surface area contributed by atoms with Gasteiger partial charge in [0.15, 0.2) is 4.34 Å². The molecule has 0 saturated heterocycles. The van der Waals surface area contributed by atoms with E-state index < -0.39 is 0 Å². The predicted octanol–water partition coefficient (Wildman–Crippen LogP) is 2.20. The molecule has 0 unspecified atom stereocenters. The largest absolute Gasteiger partial charge is 0.308 e. The molecule has 2 aromatic rings. The second kappa shape index (κ2) is 5.59. The zero-order valence-corrected chi connectivity index (χ0v) is 12.0. The van der Waals surface area contributed by atoms with Crippen molar-refractivity contribution < 1.29 is 0 Å². The summed E-state index contributed by atoms with van der Waals surface area (Å²) in [6, 6.07) is 1.80. The number of anilines is 1. The lowest BCUT2D eigenvalue weighted by atomic mass is 10.2. The van der Waals surface area contributed by atoms with Crippen LogP contribution in [0.4, 0.5) is 5.82 Å². The SMILES string of the molecule is Cc1nsc(Sc2cc(NN)nc(C(C)C)n2)n1. The lowest BCUT2D eigenvalue weighted by molar-refractivity contribution is 0.754. The lowest BCUT2D eigenvalue weighted by Crippen LogP contribution is -2.11. The van der Waals surface area contributed by atoms with E-state index >= 15 is 0 Å². The number of nitrogens with zero attached hydrogens (tertiary/aromatic N) is 4. The van der Waals surface area contributed by atoms with E-state index in [1.807, 2.05) is 20.8 Å². The number of hydrogen-bond donors (Lipinski definition) is 2. The van der Waals surface area contributed by atoms with Crippen LogP contribution in [0.1, 0.15) is 31.4 Å². The van der Waals surface area contributed by atoms with Gasteiger partial charge in [-0.3, -0.25) is 0 Å². The maximum absolute atomic E-state index is 5.41. The van der Waals surface area contributed by atoms with Crippen molar-refractivity contribution >= 4 is 29.1 Å². The molecule has 0 radical (unpaired) electrons. The molecule has 0 aliphatic carbocycles. The highest BCUT2D eigenvalue weighted by Crippen LogP contribution is 2.29. The molecule has 0 saturated carbocycles. The number of hydrazine groups is 1. The summed E-state index contributed by atoms with van der Waals surface area (Å²) in [4.78, 5) is 13.1. The van der Waals surface area contributed by atoms with Crippen molar-refractivity contribution in [3.63, 3.8) is 0 Å². The highest BCUT2D eigenvalue weighted by atomic mass is 32.2. The molecule has 96 valence electrons. The molecule has 3 N–H and O–H groups in total. The molecule has 0 bridgehead atoms. The van der Waals surface area contributed by atoms with Crippen LogP contribution in [0, 0.1) is 6.92 Å². The van der Waals surface area contributed by atoms with Crippen molar-refractivity contribution in [3.05, 3.63) is 17.7 Å². The first-order chi connectivity index (χ1) is 8.58. The van der Waals surface area contributed by atoms with Gasteiger partial charge < -0.3 is 5.43 Å². The van der Waals surface area contributed by atoms with Crippen molar-refractivity contribution in [1.82, 2.24) is 19.3 Å². The van der Waals surface area contributed by atoms with Crippen LogP contribution >= 0.6 is 23.3 Å². The molecule has 8 heteroatoms. The number of hydrogen-bond acceptors (Lipinski definition) is 8. The van der Waals surface area contributed by atoms with Crippen LogP contribution in [-0.2, 0) is 0 Å². The van der Waals surface area contributed by atoms with Crippen molar-refractivity contribution in [2.75, 3.05) is 5.43 Å². The molecule has 2 rings (SSSR count). The number of nitrogen functional groups attached to an aromatic ring is 1. The maximum atomic E-state index is 5.41. The third kappa shape index (κ3) is 3.15. The minimum absolute atomic E-state index is 0.244. The second-order valence-electron chi connectivity index (χ2n) is 3.96. The number of nitrogens with two attached hydrogens (primary N) is 1.